The van der Waals surface area contributed by atoms with Crippen LogP contribution in [0.3, 0.4) is 0 Å². The standard InChI is InChI=1S/C20H21N3O3/c1-13-5-10-18(25-13)15-6-8-16(9-7-15)20(24)23-11-3-4-17(12-23)19-21-14(2)26-22-19/h5-10,17H,3-4,11-12H2,1-2H3/t17-/m1/s1. The number of furan rings is 1. The molecule has 0 N–H and O–H groups in total. The summed E-state index contributed by atoms with van der Waals surface area (Å²) < 4.78 is 10.7. The summed E-state index contributed by atoms with van der Waals surface area (Å²) in [4.78, 5) is 19.1. The quantitative estimate of drug-likeness (QED) is 0.714. The van der Waals surface area contributed by atoms with Crippen molar-refractivity contribution in [2.45, 2.75) is 32.6 Å². The highest BCUT2D eigenvalue weighted by molar-refractivity contribution is 5.94. The second-order valence-electron chi connectivity index (χ2n) is 6.75. The maximum absolute atomic E-state index is 12.9. The molecule has 4 rings (SSSR count). The second kappa shape index (κ2) is 6.78. The highest BCUT2D eigenvalue weighted by Gasteiger charge is 2.28. The van der Waals surface area contributed by atoms with E-state index in [-0.39, 0.29) is 11.8 Å². The zero-order valence-corrected chi connectivity index (χ0v) is 14.9. The fourth-order valence-electron chi connectivity index (χ4n) is 3.40. The number of piperidine rings is 1. The summed E-state index contributed by atoms with van der Waals surface area (Å²) in [5, 5.41) is 4.02. The van der Waals surface area contributed by atoms with Crippen molar-refractivity contribution >= 4 is 5.91 Å². The number of likely N-dealkylation sites (tertiary alicyclic amines) is 1. The van der Waals surface area contributed by atoms with E-state index in [1.807, 2.05) is 48.2 Å². The molecule has 1 aliphatic rings. The molecule has 0 unspecified atom stereocenters. The van der Waals surface area contributed by atoms with Crippen LogP contribution in [0.5, 0.6) is 0 Å². The van der Waals surface area contributed by atoms with Gasteiger partial charge in [-0.3, -0.25) is 4.79 Å². The van der Waals surface area contributed by atoms with Crippen LogP contribution >= 0.6 is 0 Å². The molecule has 3 heterocycles. The first-order chi connectivity index (χ1) is 12.6. The summed E-state index contributed by atoms with van der Waals surface area (Å²) in [5.41, 5.74) is 1.65. The molecule has 0 spiro atoms. The van der Waals surface area contributed by atoms with Crippen LogP contribution in [0, 0.1) is 13.8 Å². The van der Waals surface area contributed by atoms with Crippen molar-refractivity contribution in [1.29, 1.82) is 0 Å². The third-order valence-corrected chi connectivity index (χ3v) is 4.77. The Hall–Kier alpha value is -2.89. The molecule has 3 aromatic rings. The molecule has 1 amide bonds. The molecule has 0 radical (unpaired) electrons. The van der Waals surface area contributed by atoms with Crippen LogP contribution in [0.15, 0.2) is 45.3 Å². The lowest BCUT2D eigenvalue weighted by molar-refractivity contribution is 0.0703. The van der Waals surface area contributed by atoms with Gasteiger partial charge in [0.1, 0.15) is 11.5 Å². The van der Waals surface area contributed by atoms with E-state index >= 15 is 0 Å². The van der Waals surface area contributed by atoms with Crippen LogP contribution in [0.25, 0.3) is 11.3 Å². The first-order valence-corrected chi connectivity index (χ1v) is 8.86. The average Bonchev–Trinajstić information content (AvgIpc) is 3.30. The summed E-state index contributed by atoms with van der Waals surface area (Å²) >= 11 is 0. The fraction of sp³-hybridized carbons (Fsp3) is 0.350. The Morgan fingerprint density at radius 2 is 1.96 bits per heavy atom. The molecule has 0 bridgehead atoms. The normalized spacial score (nSPS) is 17.5. The van der Waals surface area contributed by atoms with Gasteiger partial charge >= 0.3 is 0 Å². The number of hydrogen-bond acceptors (Lipinski definition) is 5. The predicted molar refractivity (Wildman–Crippen MR) is 95.8 cm³/mol. The van der Waals surface area contributed by atoms with Gasteiger partial charge in [0.2, 0.25) is 5.89 Å². The molecule has 134 valence electrons. The first-order valence-electron chi connectivity index (χ1n) is 8.86. The molecule has 6 heteroatoms. The van der Waals surface area contributed by atoms with Gasteiger partial charge in [-0.25, -0.2) is 0 Å². The van der Waals surface area contributed by atoms with Gasteiger partial charge in [0.15, 0.2) is 5.82 Å². The van der Waals surface area contributed by atoms with Gasteiger partial charge in [0, 0.05) is 37.1 Å². The van der Waals surface area contributed by atoms with Gasteiger partial charge < -0.3 is 13.8 Å². The molecule has 0 saturated carbocycles. The number of benzene rings is 1. The van der Waals surface area contributed by atoms with E-state index in [9.17, 15) is 4.79 Å². The molecule has 26 heavy (non-hydrogen) atoms. The maximum atomic E-state index is 12.9. The topological polar surface area (TPSA) is 72.4 Å². The van der Waals surface area contributed by atoms with E-state index in [0.717, 1.165) is 36.5 Å². The van der Waals surface area contributed by atoms with Gasteiger partial charge in [-0.05, 0) is 44.0 Å². The minimum Gasteiger partial charge on any atom is -0.461 e. The average molecular weight is 351 g/mol. The molecule has 2 aromatic heterocycles. The van der Waals surface area contributed by atoms with E-state index in [1.54, 1.807) is 6.92 Å². The van der Waals surface area contributed by atoms with Crippen LogP contribution in [-0.2, 0) is 0 Å². The van der Waals surface area contributed by atoms with E-state index in [4.69, 9.17) is 8.94 Å². The zero-order chi connectivity index (χ0) is 18.1. The minimum atomic E-state index is 0.0390. The number of carbonyl (C=O) groups is 1. The lowest BCUT2D eigenvalue weighted by Gasteiger charge is -2.31. The van der Waals surface area contributed by atoms with Crippen molar-refractivity contribution in [1.82, 2.24) is 15.0 Å². The number of carbonyl (C=O) groups excluding carboxylic acids is 1. The maximum Gasteiger partial charge on any atom is 0.253 e. The lowest BCUT2D eigenvalue weighted by atomic mass is 9.96. The Labute approximate surface area is 151 Å². The van der Waals surface area contributed by atoms with E-state index < -0.39 is 0 Å². The van der Waals surface area contributed by atoms with E-state index in [1.165, 1.54) is 0 Å². The molecule has 1 saturated heterocycles. The molecule has 0 aliphatic carbocycles. The smallest absolute Gasteiger partial charge is 0.253 e. The summed E-state index contributed by atoms with van der Waals surface area (Å²) in [7, 11) is 0. The highest BCUT2D eigenvalue weighted by atomic mass is 16.5. The third kappa shape index (κ3) is 3.27. The Bertz CT molecular complexity index is 911. The predicted octanol–water partition coefficient (Wildman–Crippen LogP) is 3.97. The van der Waals surface area contributed by atoms with Gasteiger partial charge in [0.25, 0.3) is 5.91 Å². The number of hydrogen-bond donors (Lipinski definition) is 0. The van der Waals surface area contributed by atoms with Gasteiger partial charge in [0.05, 0.1) is 0 Å². The summed E-state index contributed by atoms with van der Waals surface area (Å²) in [6.45, 7) is 5.08. The summed E-state index contributed by atoms with van der Waals surface area (Å²) in [6, 6.07) is 11.4. The summed E-state index contributed by atoms with van der Waals surface area (Å²) in [6.07, 6.45) is 1.91. The Balaban J connectivity index is 1.48. The Morgan fingerprint density at radius 3 is 2.62 bits per heavy atom. The number of aryl methyl sites for hydroxylation is 2. The van der Waals surface area contributed by atoms with Crippen molar-refractivity contribution in [2.24, 2.45) is 0 Å². The van der Waals surface area contributed by atoms with Gasteiger partial charge in [-0.1, -0.05) is 17.3 Å². The Kier molecular flexibility index (Phi) is 4.32. The van der Waals surface area contributed by atoms with E-state index in [0.29, 0.717) is 23.8 Å². The molecular weight excluding hydrogens is 330 g/mol. The molecule has 1 aromatic carbocycles. The van der Waals surface area contributed by atoms with Crippen molar-refractivity contribution in [3.05, 3.63) is 59.4 Å². The third-order valence-electron chi connectivity index (χ3n) is 4.77. The van der Waals surface area contributed by atoms with Crippen molar-refractivity contribution < 1.29 is 13.7 Å². The second-order valence-corrected chi connectivity index (χ2v) is 6.75. The van der Waals surface area contributed by atoms with Crippen LogP contribution in [0.2, 0.25) is 0 Å². The zero-order valence-electron chi connectivity index (χ0n) is 14.9. The van der Waals surface area contributed by atoms with E-state index in [2.05, 4.69) is 10.1 Å². The van der Waals surface area contributed by atoms with Crippen LogP contribution < -0.4 is 0 Å². The minimum absolute atomic E-state index is 0.0390. The summed E-state index contributed by atoms with van der Waals surface area (Å²) in [5.74, 6) is 3.12. The SMILES string of the molecule is Cc1ccc(-c2ccc(C(=O)N3CCC[C@@H](c4noc(C)n4)C3)cc2)o1. The van der Waals surface area contributed by atoms with Gasteiger partial charge in [-0.2, -0.15) is 4.98 Å². The number of amides is 1. The first kappa shape index (κ1) is 16.6. The van der Waals surface area contributed by atoms with Crippen LogP contribution in [-0.4, -0.2) is 34.0 Å². The highest BCUT2D eigenvalue weighted by Crippen LogP contribution is 2.27. The van der Waals surface area contributed by atoms with Crippen molar-refractivity contribution in [3.63, 3.8) is 0 Å². The molecule has 6 nitrogen and oxygen atoms in total. The molecule has 1 atom stereocenters. The lowest BCUT2D eigenvalue weighted by Crippen LogP contribution is -2.39. The number of nitrogens with zero attached hydrogens (tertiary/aromatic N) is 3. The Morgan fingerprint density at radius 1 is 1.15 bits per heavy atom. The number of rotatable bonds is 3. The number of aromatic nitrogens is 2. The van der Waals surface area contributed by atoms with Crippen LogP contribution in [0.1, 0.15) is 46.6 Å². The monoisotopic (exact) mass is 351 g/mol. The fourth-order valence-corrected chi connectivity index (χ4v) is 3.40. The van der Waals surface area contributed by atoms with Crippen molar-refractivity contribution in [2.75, 3.05) is 13.1 Å². The molecular formula is C20H21N3O3. The van der Waals surface area contributed by atoms with Crippen molar-refractivity contribution in [3.8, 4) is 11.3 Å². The largest absolute Gasteiger partial charge is 0.461 e. The molecule has 1 fully saturated rings. The van der Waals surface area contributed by atoms with Crippen LogP contribution in [0.4, 0.5) is 0 Å². The molecule has 1 aliphatic heterocycles. The van der Waals surface area contributed by atoms with Gasteiger partial charge in [-0.15, -0.1) is 0 Å².